The van der Waals surface area contributed by atoms with Crippen LogP contribution in [0.15, 0.2) is 18.3 Å². The van der Waals surface area contributed by atoms with Gasteiger partial charge in [-0.2, -0.15) is 0 Å². The van der Waals surface area contributed by atoms with Gasteiger partial charge in [-0.15, -0.1) is 0 Å². The molecule has 0 aliphatic heterocycles. The SMILES string of the molecule is COc1ccnc(C2(CN)CCC(O)CC2)c1. The van der Waals surface area contributed by atoms with E-state index in [4.69, 9.17) is 10.5 Å². The van der Waals surface area contributed by atoms with E-state index in [1.54, 1.807) is 13.3 Å². The molecule has 1 fully saturated rings. The molecule has 0 spiro atoms. The van der Waals surface area contributed by atoms with Gasteiger partial charge in [-0.25, -0.2) is 0 Å². The summed E-state index contributed by atoms with van der Waals surface area (Å²) in [5.41, 5.74) is 6.85. The van der Waals surface area contributed by atoms with Crippen molar-refractivity contribution in [3.8, 4) is 5.75 Å². The number of hydrogen-bond donors (Lipinski definition) is 2. The van der Waals surface area contributed by atoms with Crippen LogP contribution in [-0.2, 0) is 5.41 Å². The minimum Gasteiger partial charge on any atom is -0.497 e. The number of nitrogens with two attached hydrogens (primary N) is 1. The number of pyridine rings is 1. The van der Waals surface area contributed by atoms with Crippen molar-refractivity contribution in [2.24, 2.45) is 5.73 Å². The predicted octanol–water partition coefficient (Wildman–Crippen LogP) is 1.22. The summed E-state index contributed by atoms with van der Waals surface area (Å²) in [6.45, 7) is 0.569. The molecule has 0 amide bonds. The Labute approximate surface area is 102 Å². The standard InChI is InChI=1S/C13H20N2O2/c1-17-11-4-7-15-12(8-11)13(9-14)5-2-10(16)3-6-13/h4,7-8,10,16H,2-3,5-6,9,14H2,1H3. The first-order valence-electron chi connectivity index (χ1n) is 6.09. The number of ether oxygens (including phenoxy) is 1. The highest BCUT2D eigenvalue weighted by molar-refractivity contribution is 5.28. The molecule has 1 aromatic heterocycles. The van der Waals surface area contributed by atoms with E-state index in [0.717, 1.165) is 37.1 Å². The molecule has 94 valence electrons. The van der Waals surface area contributed by atoms with Crippen LogP contribution in [0.4, 0.5) is 0 Å². The first kappa shape index (κ1) is 12.3. The Balaban J connectivity index is 2.27. The van der Waals surface area contributed by atoms with Crippen molar-refractivity contribution in [3.63, 3.8) is 0 Å². The molecule has 1 heterocycles. The molecule has 3 N–H and O–H groups in total. The summed E-state index contributed by atoms with van der Waals surface area (Å²) in [4.78, 5) is 4.44. The summed E-state index contributed by atoms with van der Waals surface area (Å²) in [5.74, 6) is 0.814. The van der Waals surface area contributed by atoms with Gasteiger partial charge >= 0.3 is 0 Å². The summed E-state index contributed by atoms with van der Waals surface area (Å²) in [6.07, 6.45) is 4.97. The number of hydrogen-bond acceptors (Lipinski definition) is 4. The number of aromatic nitrogens is 1. The number of methoxy groups -OCH3 is 1. The third kappa shape index (κ3) is 2.42. The van der Waals surface area contributed by atoms with E-state index in [0.29, 0.717) is 6.54 Å². The first-order valence-corrected chi connectivity index (χ1v) is 6.09. The van der Waals surface area contributed by atoms with Crippen LogP contribution in [0, 0.1) is 0 Å². The molecule has 17 heavy (non-hydrogen) atoms. The minimum absolute atomic E-state index is 0.0895. The Morgan fingerprint density at radius 1 is 1.53 bits per heavy atom. The zero-order valence-corrected chi connectivity index (χ0v) is 10.2. The molecule has 0 saturated heterocycles. The van der Waals surface area contributed by atoms with E-state index in [1.165, 1.54) is 0 Å². The molecule has 0 unspecified atom stereocenters. The quantitative estimate of drug-likeness (QED) is 0.828. The van der Waals surface area contributed by atoms with E-state index >= 15 is 0 Å². The second-order valence-corrected chi connectivity index (χ2v) is 4.80. The second-order valence-electron chi connectivity index (χ2n) is 4.80. The summed E-state index contributed by atoms with van der Waals surface area (Å²) < 4.78 is 5.23. The molecule has 4 nitrogen and oxygen atoms in total. The summed E-state index contributed by atoms with van der Waals surface area (Å²) in [6, 6.07) is 3.80. The van der Waals surface area contributed by atoms with Crippen LogP contribution < -0.4 is 10.5 Å². The molecule has 4 heteroatoms. The van der Waals surface area contributed by atoms with E-state index in [2.05, 4.69) is 4.98 Å². The van der Waals surface area contributed by atoms with E-state index < -0.39 is 0 Å². The van der Waals surface area contributed by atoms with Gasteiger partial charge in [-0.05, 0) is 31.7 Å². The van der Waals surface area contributed by atoms with Crippen molar-refractivity contribution < 1.29 is 9.84 Å². The van der Waals surface area contributed by atoms with Gasteiger partial charge in [0.05, 0.1) is 18.9 Å². The minimum atomic E-state index is -0.180. The number of nitrogens with zero attached hydrogens (tertiary/aromatic N) is 1. The van der Waals surface area contributed by atoms with Gasteiger partial charge in [0.25, 0.3) is 0 Å². The topological polar surface area (TPSA) is 68.4 Å². The van der Waals surface area contributed by atoms with Gasteiger partial charge < -0.3 is 15.6 Å². The fraction of sp³-hybridized carbons (Fsp3) is 0.615. The highest BCUT2D eigenvalue weighted by atomic mass is 16.5. The highest BCUT2D eigenvalue weighted by Gasteiger charge is 2.36. The van der Waals surface area contributed by atoms with Crippen molar-refractivity contribution in [2.45, 2.75) is 37.2 Å². The normalized spacial score (nSPS) is 29.0. The summed E-state index contributed by atoms with van der Waals surface area (Å²) >= 11 is 0. The molecule has 0 bridgehead atoms. The van der Waals surface area contributed by atoms with E-state index in [9.17, 15) is 5.11 Å². The van der Waals surface area contributed by atoms with Crippen molar-refractivity contribution in [3.05, 3.63) is 24.0 Å². The monoisotopic (exact) mass is 236 g/mol. The molecule has 2 rings (SSSR count). The molecule has 1 aliphatic carbocycles. The van der Waals surface area contributed by atoms with E-state index in [-0.39, 0.29) is 11.5 Å². The average Bonchev–Trinajstić information content (AvgIpc) is 2.40. The van der Waals surface area contributed by atoms with Crippen LogP contribution in [-0.4, -0.2) is 29.8 Å². The predicted molar refractivity (Wildman–Crippen MR) is 66.0 cm³/mol. The summed E-state index contributed by atoms with van der Waals surface area (Å²) in [5, 5.41) is 9.60. The van der Waals surface area contributed by atoms with Crippen LogP contribution >= 0.6 is 0 Å². The van der Waals surface area contributed by atoms with Crippen molar-refractivity contribution >= 4 is 0 Å². The number of aliphatic hydroxyl groups excluding tert-OH is 1. The lowest BCUT2D eigenvalue weighted by Gasteiger charge is -2.37. The van der Waals surface area contributed by atoms with Gasteiger partial charge in [0, 0.05) is 24.2 Å². The zero-order chi connectivity index (χ0) is 12.3. The Morgan fingerprint density at radius 2 is 2.24 bits per heavy atom. The third-order valence-electron chi connectivity index (χ3n) is 3.81. The van der Waals surface area contributed by atoms with Crippen LogP contribution in [0.1, 0.15) is 31.4 Å². The van der Waals surface area contributed by atoms with Crippen molar-refractivity contribution in [1.29, 1.82) is 0 Å². The molecule has 0 atom stereocenters. The zero-order valence-electron chi connectivity index (χ0n) is 10.2. The maximum Gasteiger partial charge on any atom is 0.122 e. The number of aliphatic hydroxyl groups is 1. The maximum atomic E-state index is 9.60. The van der Waals surface area contributed by atoms with Crippen molar-refractivity contribution in [1.82, 2.24) is 4.98 Å². The van der Waals surface area contributed by atoms with Crippen LogP contribution in [0.3, 0.4) is 0 Å². The molecular weight excluding hydrogens is 216 g/mol. The lowest BCUT2D eigenvalue weighted by Crippen LogP contribution is -2.40. The fourth-order valence-corrected chi connectivity index (χ4v) is 2.55. The first-order chi connectivity index (χ1) is 8.20. The van der Waals surface area contributed by atoms with Gasteiger partial charge in [0.2, 0.25) is 0 Å². The Hall–Kier alpha value is -1.13. The molecule has 1 aliphatic rings. The number of rotatable bonds is 3. The van der Waals surface area contributed by atoms with Crippen LogP contribution in [0.2, 0.25) is 0 Å². The Bertz CT molecular complexity index is 373. The van der Waals surface area contributed by atoms with Crippen molar-refractivity contribution in [2.75, 3.05) is 13.7 Å². The smallest absolute Gasteiger partial charge is 0.122 e. The fourth-order valence-electron chi connectivity index (χ4n) is 2.55. The maximum absolute atomic E-state index is 9.60. The Kier molecular flexibility index (Phi) is 3.64. The molecule has 0 aromatic carbocycles. The molecule has 1 aromatic rings. The molecular formula is C13H20N2O2. The summed E-state index contributed by atoms with van der Waals surface area (Å²) in [7, 11) is 1.65. The second kappa shape index (κ2) is 5.02. The van der Waals surface area contributed by atoms with E-state index in [1.807, 2.05) is 12.1 Å². The Morgan fingerprint density at radius 3 is 2.82 bits per heavy atom. The van der Waals surface area contributed by atoms with Crippen LogP contribution in [0.25, 0.3) is 0 Å². The lowest BCUT2D eigenvalue weighted by molar-refractivity contribution is 0.0961. The lowest BCUT2D eigenvalue weighted by atomic mass is 9.71. The average molecular weight is 236 g/mol. The molecule has 0 radical (unpaired) electrons. The largest absolute Gasteiger partial charge is 0.497 e. The third-order valence-corrected chi connectivity index (χ3v) is 3.81. The van der Waals surface area contributed by atoms with Gasteiger partial charge in [-0.1, -0.05) is 0 Å². The van der Waals surface area contributed by atoms with Gasteiger partial charge in [-0.3, -0.25) is 4.98 Å². The van der Waals surface area contributed by atoms with Crippen LogP contribution in [0.5, 0.6) is 5.75 Å². The van der Waals surface area contributed by atoms with Gasteiger partial charge in [0.15, 0.2) is 0 Å². The highest BCUT2D eigenvalue weighted by Crippen LogP contribution is 2.38. The molecule has 1 saturated carbocycles. The van der Waals surface area contributed by atoms with Gasteiger partial charge in [0.1, 0.15) is 5.75 Å².